The van der Waals surface area contributed by atoms with Gasteiger partial charge in [-0.2, -0.15) is 5.10 Å². The van der Waals surface area contributed by atoms with Gasteiger partial charge < -0.3 is 9.84 Å². The Balaban J connectivity index is 1.79. The molecule has 31 heavy (non-hydrogen) atoms. The number of nitro groups is 2. The number of aromatic hydroxyl groups is 1. The highest BCUT2D eigenvalue weighted by molar-refractivity contribution is 6.08. The zero-order valence-electron chi connectivity index (χ0n) is 16.0. The van der Waals surface area contributed by atoms with Crippen LogP contribution in [0.1, 0.15) is 17.0 Å². The largest absolute Gasteiger partial charge is 0.508 e. The van der Waals surface area contributed by atoms with Crippen LogP contribution in [-0.4, -0.2) is 27.3 Å². The molecule has 0 aromatic heterocycles. The molecule has 1 aliphatic rings. The van der Waals surface area contributed by atoms with E-state index in [0.717, 1.165) is 12.1 Å². The predicted molar refractivity (Wildman–Crippen MR) is 113 cm³/mol. The van der Waals surface area contributed by atoms with E-state index >= 15 is 0 Å². The van der Waals surface area contributed by atoms with Crippen molar-refractivity contribution in [1.82, 2.24) is 0 Å². The van der Waals surface area contributed by atoms with Crippen LogP contribution in [0.3, 0.4) is 0 Å². The third-order valence-electron chi connectivity index (χ3n) is 4.90. The number of anilines is 1. The molecule has 10 nitrogen and oxygen atoms in total. The summed E-state index contributed by atoms with van der Waals surface area (Å²) in [5.74, 6) is 0.220. The maximum Gasteiger partial charge on any atom is 0.301 e. The van der Waals surface area contributed by atoms with Gasteiger partial charge in [-0.15, -0.1) is 0 Å². The molecule has 3 aromatic rings. The fraction of sp³-hybridized carbons (Fsp3) is 0.0952. The molecule has 0 spiro atoms. The summed E-state index contributed by atoms with van der Waals surface area (Å²) in [5, 5.41) is 37.1. The van der Waals surface area contributed by atoms with Crippen LogP contribution >= 0.6 is 0 Å². The molecule has 0 radical (unpaired) electrons. The molecule has 0 aliphatic carbocycles. The summed E-state index contributed by atoms with van der Waals surface area (Å²) in [6, 6.07) is 17.3. The van der Waals surface area contributed by atoms with Crippen LogP contribution in [-0.2, 0) is 0 Å². The van der Waals surface area contributed by atoms with Crippen molar-refractivity contribution in [3.63, 3.8) is 0 Å². The van der Waals surface area contributed by atoms with Crippen LogP contribution in [0.5, 0.6) is 11.5 Å². The lowest BCUT2D eigenvalue weighted by Gasteiger charge is -2.27. The molecule has 4 rings (SSSR count). The lowest BCUT2D eigenvalue weighted by atomic mass is 9.88. The molecule has 0 saturated heterocycles. The molecule has 3 aromatic carbocycles. The van der Waals surface area contributed by atoms with Gasteiger partial charge in [0.05, 0.1) is 27.5 Å². The van der Waals surface area contributed by atoms with Crippen molar-refractivity contribution in [3.8, 4) is 11.5 Å². The second-order valence-electron chi connectivity index (χ2n) is 6.74. The minimum atomic E-state index is -0.714. The van der Waals surface area contributed by atoms with Gasteiger partial charge in [-0.25, -0.2) is 0 Å². The van der Waals surface area contributed by atoms with Crippen LogP contribution in [0.2, 0.25) is 0 Å². The Hall–Kier alpha value is -4.47. The molecule has 1 unspecified atom stereocenters. The summed E-state index contributed by atoms with van der Waals surface area (Å²) in [6.45, 7) is 0.206. The topological polar surface area (TPSA) is 140 Å². The number of nitrogens with zero attached hydrogens (tertiary/aromatic N) is 3. The molecule has 0 saturated carbocycles. The zero-order valence-corrected chi connectivity index (χ0v) is 16.0. The highest BCUT2D eigenvalue weighted by Crippen LogP contribution is 2.37. The smallest absolute Gasteiger partial charge is 0.301 e. The van der Waals surface area contributed by atoms with Gasteiger partial charge in [0.1, 0.15) is 23.8 Å². The van der Waals surface area contributed by atoms with Crippen LogP contribution in [0.15, 0.2) is 71.8 Å². The number of nitrogens with one attached hydrogen (secondary N) is 1. The van der Waals surface area contributed by atoms with Gasteiger partial charge in [0.25, 0.3) is 5.69 Å². The van der Waals surface area contributed by atoms with E-state index in [0.29, 0.717) is 22.6 Å². The molecule has 0 bridgehead atoms. The quantitative estimate of drug-likeness (QED) is 0.465. The number of hydrogen-bond acceptors (Lipinski definition) is 8. The summed E-state index contributed by atoms with van der Waals surface area (Å²) >= 11 is 0. The van der Waals surface area contributed by atoms with Crippen molar-refractivity contribution in [2.24, 2.45) is 5.10 Å². The standard InChI is InChI=1S/C21H16N4O6/c26-19-7-3-1-5-14(19)16-12-31-20-8-4-2-6-15(20)21(16)23-22-17-10-9-13(24(27)28)11-18(17)25(29)30/h1-11,16,22,26H,12H2. The van der Waals surface area contributed by atoms with E-state index in [2.05, 4.69) is 10.5 Å². The van der Waals surface area contributed by atoms with E-state index in [1.807, 2.05) is 6.07 Å². The number of hydrogen-bond donors (Lipinski definition) is 2. The summed E-state index contributed by atoms with van der Waals surface area (Å²) in [4.78, 5) is 21.0. The number of para-hydroxylation sites is 2. The number of phenols is 1. The number of fused-ring (bicyclic) bond motifs is 1. The van der Waals surface area contributed by atoms with Gasteiger partial charge >= 0.3 is 5.69 Å². The Kier molecular flexibility index (Phi) is 5.19. The number of phenolic OH excluding ortho intramolecular Hbond substituents is 1. The van der Waals surface area contributed by atoms with E-state index in [1.165, 1.54) is 6.07 Å². The number of benzene rings is 3. The van der Waals surface area contributed by atoms with Crippen molar-refractivity contribution >= 4 is 22.8 Å². The molecule has 0 amide bonds. The van der Waals surface area contributed by atoms with Gasteiger partial charge in [-0.3, -0.25) is 25.7 Å². The Bertz CT molecular complexity index is 1210. The molecule has 1 aliphatic heterocycles. The number of ether oxygens (including phenoxy) is 1. The Labute approximate surface area is 175 Å². The summed E-state index contributed by atoms with van der Waals surface area (Å²) < 4.78 is 5.83. The van der Waals surface area contributed by atoms with Crippen LogP contribution in [0.25, 0.3) is 0 Å². The molecule has 0 fully saturated rings. The van der Waals surface area contributed by atoms with E-state index in [9.17, 15) is 25.3 Å². The fourth-order valence-corrected chi connectivity index (χ4v) is 3.40. The Morgan fingerprint density at radius 3 is 2.48 bits per heavy atom. The third-order valence-corrected chi connectivity index (χ3v) is 4.90. The average Bonchev–Trinajstić information content (AvgIpc) is 2.77. The second kappa shape index (κ2) is 8.11. The molecular weight excluding hydrogens is 404 g/mol. The molecule has 2 N–H and O–H groups in total. The number of rotatable bonds is 5. The van der Waals surface area contributed by atoms with Crippen LogP contribution in [0.4, 0.5) is 17.1 Å². The van der Waals surface area contributed by atoms with E-state index < -0.39 is 27.1 Å². The first kappa shape index (κ1) is 19.8. The van der Waals surface area contributed by atoms with Crippen LogP contribution in [0, 0.1) is 20.2 Å². The van der Waals surface area contributed by atoms with E-state index in [4.69, 9.17) is 4.74 Å². The third kappa shape index (κ3) is 3.86. The van der Waals surface area contributed by atoms with Gasteiger partial charge in [-0.05, 0) is 24.3 Å². The summed E-state index contributed by atoms with van der Waals surface area (Å²) in [7, 11) is 0. The van der Waals surface area contributed by atoms with Gasteiger partial charge in [0.2, 0.25) is 0 Å². The summed E-state index contributed by atoms with van der Waals surface area (Å²) in [5.41, 5.74) is 3.58. The number of nitro benzene ring substituents is 2. The maximum absolute atomic E-state index is 11.4. The van der Waals surface area contributed by atoms with Crippen molar-refractivity contribution in [1.29, 1.82) is 0 Å². The molecule has 156 valence electrons. The lowest BCUT2D eigenvalue weighted by Crippen LogP contribution is -2.27. The first-order valence-corrected chi connectivity index (χ1v) is 9.22. The molecule has 1 atom stereocenters. The highest BCUT2D eigenvalue weighted by atomic mass is 16.6. The predicted octanol–water partition coefficient (Wildman–Crippen LogP) is 4.20. The minimum absolute atomic E-state index is 0.00288. The first-order chi connectivity index (χ1) is 15.0. The zero-order chi connectivity index (χ0) is 22.0. The first-order valence-electron chi connectivity index (χ1n) is 9.22. The maximum atomic E-state index is 11.4. The van der Waals surface area contributed by atoms with Gasteiger partial charge in [-0.1, -0.05) is 30.3 Å². The molecule has 10 heteroatoms. The van der Waals surface area contributed by atoms with Gasteiger partial charge in [0, 0.05) is 17.2 Å². The van der Waals surface area contributed by atoms with E-state index in [-0.39, 0.29) is 18.0 Å². The van der Waals surface area contributed by atoms with E-state index in [1.54, 1.807) is 42.5 Å². The van der Waals surface area contributed by atoms with Crippen LogP contribution < -0.4 is 10.2 Å². The van der Waals surface area contributed by atoms with Crippen molar-refractivity contribution in [2.75, 3.05) is 12.0 Å². The van der Waals surface area contributed by atoms with Crippen molar-refractivity contribution in [3.05, 3.63) is 98.1 Å². The van der Waals surface area contributed by atoms with Crippen molar-refractivity contribution in [2.45, 2.75) is 5.92 Å². The number of hydrazone groups is 1. The normalized spacial score (nSPS) is 16.3. The SMILES string of the molecule is O=[N+]([O-])c1ccc(NN=C2c3ccccc3OCC2c2ccccc2O)c([N+](=O)[O-])c1. The summed E-state index contributed by atoms with van der Waals surface area (Å²) in [6.07, 6.45) is 0. The minimum Gasteiger partial charge on any atom is -0.508 e. The number of non-ortho nitro benzene ring substituents is 1. The van der Waals surface area contributed by atoms with Crippen molar-refractivity contribution < 1.29 is 19.7 Å². The average molecular weight is 420 g/mol. The second-order valence-corrected chi connectivity index (χ2v) is 6.74. The molecular formula is C21H16N4O6. The highest BCUT2D eigenvalue weighted by Gasteiger charge is 2.30. The Morgan fingerprint density at radius 1 is 1.00 bits per heavy atom. The lowest BCUT2D eigenvalue weighted by molar-refractivity contribution is -0.393. The van der Waals surface area contributed by atoms with Gasteiger partial charge in [0.15, 0.2) is 0 Å². The fourth-order valence-electron chi connectivity index (χ4n) is 3.40. The Morgan fingerprint density at radius 2 is 1.74 bits per heavy atom. The molecule has 1 heterocycles. The monoisotopic (exact) mass is 420 g/mol.